The van der Waals surface area contributed by atoms with Crippen LogP contribution in [0.4, 0.5) is 0 Å². The van der Waals surface area contributed by atoms with Gasteiger partial charge < -0.3 is 10.3 Å². The molecular weight excluding hydrogens is 268 g/mol. The summed E-state index contributed by atoms with van der Waals surface area (Å²) >= 11 is 0. The van der Waals surface area contributed by atoms with Crippen LogP contribution in [0.5, 0.6) is 0 Å². The van der Waals surface area contributed by atoms with E-state index in [1.54, 1.807) is 0 Å². The first-order valence-corrected chi connectivity index (χ1v) is 6.74. The van der Waals surface area contributed by atoms with Crippen molar-refractivity contribution >= 4 is 16.8 Å². The van der Waals surface area contributed by atoms with E-state index in [1.165, 1.54) is 0 Å². The summed E-state index contributed by atoms with van der Waals surface area (Å²) in [5, 5.41) is 17.6. The summed E-state index contributed by atoms with van der Waals surface area (Å²) in [5.41, 5.74) is 2.67. The molecule has 21 heavy (non-hydrogen) atoms. The Kier molecular flexibility index (Phi) is 3.39. The van der Waals surface area contributed by atoms with Gasteiger partial charge in [-0.2, -0.15) is 5.21 Å². The van der Waals surface area contributed by atoms with Gasteiger partial charge in [-0.3, -0.25) is 4.79 Å². The van der Waals surface area contributed by atoms with Crippen LogP contribution >= 0.6 is 0 Å². The van der Waals surface area contributed by atoms with Gasteiger partial charge in [0.2, 0.25) is 0 Å². The molecule has 0 saturated heterocycles. The molecule has 0 aliphatic rings. The Morgan fingerprint density at radius 1 is 1.38 bits per heavy atom. The topological polar surface area (TPSA) is 99.3 Å². The van der Waals surface area contributed by atoms with E-state index < -0.39 is 0 Å². The normalized spacial score (nSPS) is 12.5. The summed E-state index contributed by atoms with van der Waals surface area (Å²) in [4.78, 5) is 15.3. The number of hydrogen-bond acceptors (Lipinski definition) is 4. The number of H-pyrrole nitrogens is 2. The van der Waals surface area contributed by atoms with Crippen LogP contribution in [0.15, 0.2) is 24.3 Å². The second-order valence-electron chi connectivity index (χ2n) is 5.15. The standard InChI is InChI=1S/C14H16N6O/c1-8-3-4-10-6-12(16-11(10)5-8)14(21)15-7-9(2)13-17-19-20-18-13/h3-6,9,16H,7H2,1-2H3,(H,15,21)(H,17,18,19,20)/t9-/m1/s1. The Labute approximate surface area is 121 Å². The number of aromatic nitrogens is 5. The quantitative estimate of drug-likeness (QED) is 0.676. The largest absolute Gasteiger partial charge is 0.351 e. The Balaban J connectivity index is 1.69. The molecule has 0 spiro atoms. The van der Waals surface area contributed by atoms with Crippen LogP contribution in [-0.4, -0.2) is 38.1 Å². The highest BCUT2D eigenvalue weighted by atomic mass is 16.1. The molecule has 3 aromatic rings. The number of nitrogens with one attached hydrogen (secondary N) is 3. The van der Waals surface area contributed by atoms with E-state index in [9.17, 15) is 4.79 Å². The molecule has 1 aromatic carbocycles. The van der Waals surface area contributed by atoms with Crippen molar-refractivity contribution in [2.24, 2.45) is 0 Å². The van der Waals surface area contributed by atoms with Gasteiger partial charge in [-0.1, -0.05) is 24.3 Å². The Hall–Kier alpha value is -2.70. The van der Waals surface area contributed by atoms with Crippen molar-refractivity contribution < 1.29 is 4.79 Å². The van der Waals surface area contributed by atoms with Gasteiger partial charge in [0.1, 0.15) is 5.69 Å². The molecule has 0 aliphatic heterocycles. The molecule has 2 aromatic heterocycles. The van der Waals surface area contributed by atoms with Gasteiger partial charge in [0.15, 0.2) is 5.82 Å². The molecule has 108 valence electrons. The average molecular weight is 284 g/mol. The van der Waals surface area contributed by atoms with Crippen LogP contribution in [0.1, 0.15) is 34.7 Å². The monoisotopic (exact) mass is 284 g/mol. The third-order valence-electron chi connectivity index (χ3n) is 3.39. The van der Waals surface area contributed by atoms with Gasteiger partial charge in [0, 0.05) is 23.4 Å². The summed E-state index contributed by atoms with van der Waals surface area (Å²) in [7, 11) is 0. The number of carbonyl (C=O) groups excluding carboxylic acids is 1. The highest BCUT2D eigenvalue weighted by Gasteiger charge is 2.14. The van der Waals surface area contributed by atoms with Crippen LogP contribution < -0.4 is 5.32 Å². The van der Waals surface area contributed by atoms with E-state index in [1.807, 2.05) is 38.1 Å². The average Bonchev–Trinajstić information content (AvgIpc) is 3.12. The maximum Gasteiger partial charge on any atom is 0.267 e. The molecular formula is C14H16N6O. The molecule has 7 nitrogen and oxygen atoms in total. The van der Waals surface area contributed by atoms with E-state index >= 15 is 0 Å². The summed E-state index contributed by atoms with van der Waals surface area (Å²) in [6.45, 7) is 4.40. The fraction of sp³-hybridized carbons (Fsp3) is 0.286. The number of aromatic amines is 2. The minimum Gasteiger partial charge on any atom is -0.351 e. The van der Waals surface area contributed by atoms with Crippen molar-refractivity contribution in [2.75, 3.05) is 6.54 Å². The molecule has 0 unspecified atom stereocenters. The van der Waals surface area contributed by atoms with Gasteiger partial charge in [0.05, 0.1) is 0 Å². The van der Waals surface area contributed by atoms with Crippen LogP contribution in [0.3, 0.4) is 0 Å². The fourth-order valence-electron chi connectivity index (χ4n) is 2.17. The van der Waals surface area contributed by atoms with Gasteiger partial charge in [-0.25, -0.2) is 0 Å². The van der Waals surface area contributed by atoms with Crippen LogP contribution in [0.25, 0.3) is 10.9 Å². The zero-order valence-electron chi connectivity index (χ0n) is 11.8. The Morgan fingerprint density at radius 3 is 3.00 bits per heavy atom. The van der Waals surface area contributed by atoms with Crippen LogP contribution in [-0.2, 0) is 0 Å². The molecule has 3 rings (SSSR count). The molecule has 0 bridgehead atoms. The van der Waals surface area contributed by atoms with E-state index in [4.69, 9.17) is 0 Å². The molecule has 0 saturated carbocycles. The summed E-state index contributed by atoms with van der Waals surface area (Å²) in [6, 6.07) is 7.90. The first-order chi connectivity index (χ1) is 10.1. The van der Waals surface area contributed by atoms with Crippen molar-refractivity contribution in [3.8, 4) is 0 Å². The molecule has 0 aliphatic carbocycles. The number of amides is 1. The summed E-state index contributed by atoms with van der Waals surface area (Å²) < 4.78 is 0. The van der Waals surface area contributed by atoms with E-state index in [-0.39, 0.29) is 11.8 Å². The maximum atomic E-state index is 12.2. The number of hydrogen-bond donors (Lipinski definition) is 3. The van der Waals surface area contributed by atoms with Crippen molar-refractivity contribution in [2.45, 2.75) is 19.8 Å². The van der Waals surface area contributed by atoms with Gasteiger partial charge in [-0.05, 0) is 24.6 Å². The third-order valence-corrected chi connectivity index (χ3v) is 3.39. The predicted molar refractivity (Wildman–Crippen MR) is 78.0 cm³/mol. The SMILES string of the molecule is Cc1ccc2cc(C(=O)NC[C@@H](C)c3nn[nH]n3)[nH]c2c1. The summed E-state index contributed by atoms with van der Waals surface area (Å²) in [6.07, 6.45) is 0. The number of aryl methyl sites for hydroxylation is 1. The Morgan fingerprint density at radius 2 is 2.24 bits per heavy atom. The molecule has 1 amide bonds. The molecule has 7 heteroatoms. The van der Waals surface area contributed by atoms with Crippen molar-refractivity contribution in [3.63, 3.8) is 0 Å². The molecule has 0 fully saturated rings. The van der Waals surface area contributed by atoms with E-state index in [0.29, 0.717) is 18.1 Å². The number of tetrazole rings is 1. The highest BCUT2D eigenvalue weighted by molar-refractivity contribution is 5.98. The number of benzene rings is 1. The number of rotatable bonds is 4. The Bertz CT molecular complexity index is 761. The van der Waals surface area contributed by atoms with E-state index in [2.05, 4.69) is 30.9 Å². The molecule has 3 N–H and O–H groups in total. The lowest BCUT2D eigenvalue weighted by Gasteiger charge is -2.07. The second kappa shape index (κ2) is 5.35. The predicted octanol–water partition coefficient (Wildman–Crippen LogP) is 1.52. The lowest BCUT2D eigenvalue weighted by atomic mass is 10.1. The minimum absolute atomic E-state index is 0.000627. The smallest absolute Gasteiger partial charge is 0.267 e. The van der Waals surface area contributed by atoms with Crippen molar-refractivity contribution in [3.05, 3.63) is 41.3 Å². The van der Waals surface area contributed by atoms with Gasteiger partial charge >= 0.3 is 0 Å². The maximum absolute atomic E-state index is 12.2. The minimum atomic E-state index is -0.140. The molecule has 0 radical (unpaired) electrons. The zero-order chi connectivity index (χ0) is 14.8. The fourth-order valence-corrected chi connectivity index (χ4v) is 2.17. The number of nitrogens with zero attached hydrogens (tertiary/aromatic N) is 3. The number of fused-ring (bicyclic) bond motifs is 1. The number of carbonyl (C=O) groups is 1. The third kappa shape index (κ3) is 2.76. The zero-order valence-corrected chi connectivity index (χ0v) is 11.8. The highest BCUT2D eigenvalue weighted by Crippen LogP contribution is 2.17. The second-order valence-corrected chi connectivity index (χ2v) is 5.15. The molecule has 1 atom stereocenters. The molecule has 2 heterocycles. The van der Waals surface area contributed by atoms with Gasteiger partial charge in [0.25, 0.3) is 5.91 Å². The van der Waals surface area contributed by atoms with Gasteiger partial charge in [-0.15, -0.1) is 10.2 Å². The lowest BCUT2D eigenvalue weighted by Crippen LogP contribution is -2.28. The van der Waals surface area contributed by atoms with Crippen molar-refractivity contribution in [1.82, 2.24) is 30.9 Å². The summed E-state index contributed by atoms with van der Waals surface area (Å²) in [5.74, 6) is 0.445. The lowest BCUT2D eigenvalue weighted by molar-refractivity contribution is 0.0947. The first kappa shape index (κ1) is 13.3. The van der Waals surface area contributed by atoms with E-state index in [0.717, 1.165) is 16.5 Å². The van der Waals surface area contributed by atoms with Crippen molar-refractivity contribution in [1.29, 1.82) is 0 Å². The van der Waals surface area contributed by atoms with Crippen LogP contribution in [0.2, 0.25) is 0 Å². The van der Waals surface area contributed by atoms with Crippen LogP contribution in [0, 0.1) is 6.92 Å². The first-order valence-electron chi connectivity index (χ1n) is 6.74.